The lowest BCUT2D eigenvalue weighted by molar-refractivity contribution is -0.170. The van der Waals surface area contributed by atoms with Crippen LogP contribution in [0.5, 0.6) is 0 Å². The summed E-state index contributed by atoms with van der Waals surface area (Å²) in [7, 11) is 0. The summed E-state index contributed by atoms with van der Waals surface area (Å²) in [5.41, 5.74) is 2.94. The highest BCUT2D eigenvalue weighted by Crippen LogP contribution is 2.34. The van der Waals surface area contributed by atoms with Gasteiger partial charge in [-0.2, -0.15) is 18.3 Å². The number of pyridine rings is 1. The van der Waals surface area contributed by atoms with Crippen LogP contribution in [0.4, 0.5) is 23.4 Å². The zero-order valence-electron chi connectivity index (χ0n) is 18.6. The SMILES string of the molecule is Cc1cc(-c2nc3cccnn3c2-c2ccnc(N(CC(C)C)C(=O)C(F)(F)F)c2)ccc1F. The molecule has 0 aliphatic carbocycles. The summed E-state index contributed by atoms with van der Waals surface area (Å²) in [4.78, 5) is 21.5. The number of halogens is 4. The standard InChI is InChI=1S/C24H21F4N5O/c1-14(2)13-32(23(34)24(26,27)28)20-12-17(8-10-29-20)22-21(16-6-7-18(25)15(3)11-16)31-19-5-4-9-30-33(19)22/h4-12,14H,13H2,1-3H3. The first-order valence-electron chi connectivity index (χ1n) is 10.5. The summed E-state index contributed by atoms with van der Waals surface area (Å²) in [6, 6.07) is 11.0. The molecule has 3 heterocycles. The van der Waals surface area contributed by atoms with E-state index in [9.17, 15) is 22.4 Å². The Labute approximate surface area is 192 Å². The predicted molar refractivity (Wildman–Crippen MR) is 120 cm³/mol. The quantitative estimate of drug-likeness (QED) is 0.363. The molecule has 34 heavy (non-hydrogen) atoms. The first-order chi connectivity index (χ1) is 16.1. The summed E-state index contributed by atoms with van der Waals surface area (Å²) < 4.78 is 55.3. The van der Waals surface area contributed by atoms with Crippen molar-refractivity contribution < 1.29 is 22.4 Å². The molecule has 3 aromatic heterocycles. The molecule has 176 valence electrons. The molecule has 0 atom stereocenters. The minimum Gasteiger partial charge on any atom is -0.289 e. The van der Waals surface area contributed by atoms with Crippen LogP contribution < -0.4 is 4.90 Å². The second-order valence-electron chi connectivity index (χ2n) is 8.28. The van der Waals surface area contributed by atoms with E-state index >= 15 is 0 Å². The number of imidazole rings is 1. The predicted octanol–water partition coefficient (Wildman–Crippen LogP) is 5.46. The maximum atomic E-state index is 13.9. The van der Waals surface area contributed by atoms with Crippen LogP contribution >= 0.6 is 0 Å². The lowest BCUT2D eigenvalue weighted by atomic mass is 10.0. The number of fused-ring (bicyclic) bond motifs is 1. The normalized spacial score (nSPS) is 11.9. The molecule has 0 bridgehead atoms. The topological polar surface area (TPSA) is 63.4 Å². The van der Waals surface area contributed by atoms with Crippen LogP contribution in [0.25, 0.3) is 28.2 Å². The second-order valence-corrected chi connectivity index (χ2v) is 8.28. The van der Waals surface area contributed by atoms with E-state index in [1.807, 2.05) is 0 Å². The largest absolute Gasteiger partial charge is 0.471 e. The highest BCUT2D eigenvalue weighted by atomic mass is 19.4. The number of amides is 1. The molecule has 0 unspecified atom stereocenters. The molecule has 4 aromatic rings. The maximum Gasteiger partial charge on any atom is 0.471 e. The molecule has 0 fully saturated rings. The molecular formula is C24H21F4N5O. The molecule has 4 rings (SSSR count). The van der Waals surface area contributed by atoms with Gasteiger partial charge in [-0.25, -0.2) is 18.9 Å². The number of carbonyl (C=O) groups excluding carboxylic acids is 1. The van der Waals surface area contributed by atoms with Gasteiger partial charge in [0.2, 0.25) is 0 Å². The Bertz CT molecular complexity index is 1360. The number of anilines is 1. The van der Waals surface area contributed by atoms with E-state index in [2.05, 4.69) is 15.1 Å². The molecule has 0 radical (unpaired) electrons. The summed E-state index contributed by atoms with van der Waals surface area (Å²) in [6.45, 7) is 4.89. The van der Waals surface area contributed by atoms with Gasteiger partial charge in [-0.15, -0.1) is 0 Å². The molecule has 6 nitrogen and oxygen atoms in total. The van der Waals surface area contributed by atoms with Gasteiger partial charge in [0.05, 0.1) is 5.69 Å². The van der Waals surface area contributed by atoms with Crippen LogP contribution in [0.2, 0.25) is 0 Å². The minimum absolute atomic E-state index is 0.138. The van der Waals surface area contributed by atoms with Crippen LogP contribution in [-0.4, -0.2) is 38.2 Å². The van der Waals surface area contributed by atoms with Crippen LogP contribution in [0, 0.1) is 18.7 Å². The third kappa shape index (κ3) is 4.48. The van der Waals surface area contributed by atoms with Crippen molar-refractivity contribution in [2.75, 3.05) is 11.4 Å². The van der Waals surface area contributed by atoms with Gasteiger partial charge in [-0.3, -0.25) is 9.69 Å². The Balaban J connectivity index is 1.91. The Morgan fingerprint density at radius 1 is 1.09 bits per heavy atom. The number of alkyl halides is 3. The Morgan fingerprint density at radius 3 is 2.53 bits per heavy atom. The van der Waals surface area contributed by atoms with E-state index in [4.69, 9.17) is 0 Å². The molecule has 1 amide bonds. The van der Waals surface area contributed by atoms with Crippen LogP contribution in [0.15, 0.2) is 54.9 Å². The third-order valence-electron chi connectivity index (χ3n) is 5.16. The number of hydrogen-bond acceptors (Lipinski definition) is 4. The maximum absolute atomic E-state index is 13.9. The van der Waals surface area contributed by atoms with Crippen molar-refractivity contribution in [3.05, 3.63) is 66.2 Å². The first kappa shape index (κ1) is 23.3. The van der Waals surface area contributed by atoms with Gasteiger partial charge in [0.25, 0.3) is 0 Å². The second kappa shape index (κ2) is 8.85. The molecule has 0 spiro atoms. The minimum atomic E-state index is -5.05. The van der Waals surface area contributed by atoms with Gasteiger partial charge in [-0.05, 0) is 60.9 Å². The van der Waals surface area contributed by atoms with Gasteiger partial charge in [-0.1, -0.05) is 13.8 Å². The van der Waals surface area contributed by atoms with E-state index in [-0.39, 0.29) is 24.1 Å². The van der Waals surface area contributed by atoms with Gasteiger partial charge in [0.1, 0.15) is 17.3 Å². The zero-order chi connectivity index (χ0) is 24.6. The number of rotatable bonds is 5. The summed E-state index contributed by atoms with van der Waals surface area (Å²) in [6.07, 6.45) is -2.16. The van der Waals surface area contributed by atoms with E-state index in [0.29, 0.717) is 38.6 Å². The average Bonchev–Trinajstić information content (AvgIpc) is 3.18. The van der Waals surface area contributed by atoms with Gasteiger partial charge in [0.15, 0.2) is 5.65 Å². The smallest absolute Gasteiger partial charge is 0.289 e. The Morgan fingerprint density at radius 2 is 1.85 bits per heavy atom. The van der Waals surface area contributed by atoms with Crippen molar-refractivity contribution in [2.45, 2.75) is 26.9 Å². The van der Waals surface area contributed by atoms with Crippen molar-refractivity contribution in [1.29, 1.82) is 0 Å². The van der Waals surface area contributed by atoms with E-state index in [1.54, 1.807) is 61.8 Å². The number of aryl methyl sites for hydroxylation is 1. The molecule has 0 N–H and O–H groups in total. The van der Waals surface area contributed by atoms with Crippen molar-refractivity contribution in [3.8, 4) is 22.5 Å². The fourth-order valence-electron chi connectivity index (χ4n) is 3.65. The summed E-state index contributed by atoms with van der Waals surface area (Å²) in [5, 5.41) is 4.34. The molecule has 10 heteroatoms. The van der Waals surface area contributed by atoms with E-state index in [0.717, 1.165) is 0 Å². The van der Waals surface area contributed by atoms with E-state index in [1.165, 1.54) is 18.3 Å². The number of nitrogens with zero attached hydrogens (tertiary/aromatic N) is 5. The highest BCUT2D eigenvalue weighted by Gasteiger charge is 2.43. The van der Waals surface area contributed by atoms with Gasteiger partial charge < -0.3 is 0 Å². The highest BCUT2D eigenvalue weighted by molar-refractivity contribution is 5.97. The third-order valence-corrected chi connectivity index (χ3v) is 5.16. The van der Waals surface area contributed by atoms with Crippen molar-refractivity contribution in [2.24, 2.45) is 5.92 Å². The molecule has 0 aliphatic heterocycles. The average molecular weight is 471 g/mol. The van der Waals surface area contributed by atoms with Crippen LogP contribution in [0.3, 0.4) is 0 Å². The number of benzene rings is 1. The van der Waals surface area contributed by atoms with Gasteiger partial charge in [0, 0.05) is 30.1 Å². The number of aromatic nitrogens is 4. The fraction of sp³-hybridized carbons (Fsp3) is 0.250. The Hall–Kier alpha value is -3.82. The zero-order valence-corrected chi connectivity index (χ0v) is 18.6. The summed E-state index contributed by atoms with van der Waals surface area (Å²) >= 11 is 0. The van der Waals surface area contributed by atoms with Crippen molar-refractivity contribution in [1.82, 2.24) is 19.6 Å². The van der Waals surface area contributed by atoms with Crippen LogP contribution in [-0.2, 0) is 4.79 Å². The molecule has 0 saturated carbocycles. The lowest BCUT2D eigenvalue weighted by Crippen LogP contribution is -2.43. The van der Waals surface area contributed by atoms with Gasteiger partial charge >= 0.3 is 12.1 Å². The fourth-order valence-corrected chi connectivity index (χ4v) is 3.65. The van der Waals surface area contributed by atoms with Crippen molar-refractivity contribution >= 4 is 17.4 Å². The molecular weight excluding hydrogens is 450 g/mol. The number of carbonyl (C=O) groups is 1. The van der Waals surface area contributed by atoms with Crippen LogP contribution in [0.1, 0.15) is 19.4 Å². The molecule has 0 saturated heterocycles. The Kier molecular flexibility index (Phi) is 6.07. The van der Waals surface area contributed by atoms with E-state index < -0.39 is 12.1 Å². The molecule has 0 aliphatic rings. The first-order valence-corrected chi connectivity index (χ1v) is 10.5. The summed E-state index contributed by atoms with van der Waals surface area (Å²) in [5.74, 6) is -2.72. The monoisotopic (exact) mass is 471 g/mol. The van der Waals surface area contributed by atoms with Crippen molar-refractivity contribution in [3.63, 3.8) is 0 Å². The number of hydrogen-bond donors (Lipinski definition) is 0. The molecule has 1 aromatic carbocycles. The lowest BCUT2D eigenvalue weighted by Gasteiger charge is -2.25.